The average Bonchev–Trinajstić information content (AvgIpc) is 3.17. The molecule has 0 bridgehead atoms. The zero-order chi connectivity index (χ0) is 14.8. The van der Waals surface area contributed by atoms with Crippen LogP contribution in [0, 0.1) is 0 Å². The molecule has 3 heterocycles. The van der Waals surface area contributed by atoms with Gasteiger partial charge in [-0.05, 0) is 39.5 Å². The van der Waals surface area contributed by atoms with E-state index >= 15 is 0 Å². The number of rotatable bonds is 4. The molecule has 21 heavy (non-hydrogen) atoms. The van der Waals surface area contributed by atoms with Crippen molar-refractivity contribution < 1.29 is 9.32 Å². The maximum absolute atomic E-state index is 12.3. The normalized spacial score (nSPS) is 10.7. The Balaban J connectivity index is 1.84. The van der Waals surface area contributed by atoms with Crippen molar-refractivity contribution >= 4 is 50.4 Å². The molecule has 3 aromatic heterocycles. The third-order valence-corrected chi connectivity index (χ3v) is 5.26. The number of nitrogens with zero attached hydrogens (tertiary/aromatic N) is 1. The molecule has 0 fully saturated rings. The van der Waals surface area contributed by atoms with Crippen LogP contribution in [0.1, 0.15) is 15.2 Å². The third-order valence-electron chi connectivity index (χ3n) is 2.76. The molecule has 0 spiro atoms. The summed E-state index contributed by atoms with van der Waals surface area (Å²) in [5, 5.41) is 8.69. The highest BCUT2D eigenvalue weighted by Gasteiger charge is 2.23. The number of nitrogen functional groups attached to an aromatic ring is 1. The topological polar surface area (TPSA) is 81.2 Å². The van der Waals surface area contributed by atoms with Crippen molar-refractivity contribution in [3.8, 4) is 10.6 Å². The molecule has 0 saturated heterocycles. The molecule has 3 N–H and O–H groups in total. The van der Waals surface area contributed by atoms with E-state index in [9.17, 15) is 4.79 Å². The zero-order valence-electron chi connectivity index (χ0n) is 10.6. The van der Waals surface area contributed by atoms with Crippen LogP contribution in [-0.4, -0.2) is 11.1 Å². The van der Waals surface area contributed by atoms with Crippen LogP contribution in [0.4, 0.5) is 5.88 Å². The molecule has 5 nitrogen and oxygen atoms in total. The highest BCUT2D eigenvalue weighted by atomic mass is 79.9. The molecule has 3 aromatic rings. The van der Waals surface area contributed by atoms with Crippen LogP contribution in [0.3, 0.4) is 0 Å². The lowest BCUT2D eigenvalue weighted by Crippen LogP contribution is -2.23. The molecule has 0 aliphatic heterocycles. The number of aromatic nitrogens is 1. The number of hydrogen-bond donors (Lipinski definition) is 2. The average molecular weight is 384 g/mol. The Morgan fingerprint density at radius 3 is 2.95 bits per heavy atom. The van der Waals surface area contributed by atoms with Crippen molar-refractivity contribution in [2.24, 2.45) is 0 Å². The summed E-state index contributed by atoms with van der Waals surface area (Å²) < 4.78 is 5.93. The van der Waals surface area contributed by atoms with Crippen LogP contribution >= 0.6 is 38.6 Å². The number of nitrogens with one attached hydrogen (secondary N) is 1. The number of hydrogen-bond acceptors (Lipinski definition) is 6. The molecular weight excluding hydrogens is 374 g/mol. The summed E-state index contributed by atoms with van der Waals surface area (Å²) in [7, 11) is 0. The molecule has 0 saturated carbocycles. The van der Waals surface area contributed by atoms with Crippen molar-refractivity contribution in [1.82, 2.24) is 10.5 Å². The number of carbonyl (C=O) groups excluding carboxylic acids is 1. The van der Waals surface area contributed by atoms with Gasteiger partial charge in [-0.15, -0.1) is 22.7 Å². The third kappa shape index (κ3) is 3.02. The first kappa shape index (κ1) is 14.3. The van der Waals surface area contributed by atoms with Crippen molar-refractivity contribution in [3.05, 3.63) is 43.9 Å². The van der Waals surface area contributed by atoms with Crippen LogP contribution in [0.2, 0.25) is 0 Å². The molecule has 1 amide bonds. The number of amides is 1. The van der Waals surface area contributed by atoms with E-state index in [1.807, 2.05) is 29.6 Å². The van der Waals surface area contributed by atoms with Gasteiger partial charge in [0, 0.05) is 4.88 Å². The first-order valence-electron chi connectivity index (χ1n) is 5.96. The Hall–Kier alpha value is -1.64. The van der Waals surface area contributed by atoms with Crippen LogP contribution in [0.15, 0.2) is 38.0 Å². The fourth-order valence-corrected chi connectivity index (χ4v) is 3.82. The minimum absolute atomic E-state index is 0.0261. The summed E-state index contributed by atoms with van der Waals surface area (Å²) in [5.74, 6) is -0.264. The Bertz CT molecular complexity index is 764. The summed E-state index contributed by atoms with van der Waals surface area (Å²) in [5.41, 5.74) is 6.48. The van der Waals surface area contributed by atoms with E-state index in [1.54, 1.807) is 11.3 Å². The van der Waals surface area contributed by atoms with Gasteiger partial charge in [-0.1, -0.05) is 11.2 Å². The van der Waals surface area contributed by atoms with E-state index in [0.717, 1.165) is 13.5 Å². The molecule has 0 atom stereocenters. The summed E-state index contributed by atoms with van der Waals surface area (Å²) in [6, 6.07) is 7.65. The lowest BCUT2D eigenvalue weighted by Gasteiger charge is -2.03. The van der Waals surface area contributed by atoms with Crippen LogP contribution < -0.4 is 11.1 Å². The number of nitrogens with two attached hydrogens (primary N) is 1. The van der Waals surface area contributed by atoms with Crippen LogP contribution in [0.5, 0.6) is 0 Å². The highest BCUT2D eigenvalue weighted by molar-refractivity contribution is 9.11. The standard InChI is InChI=1S/C13H10BrN3O2S2/c14-9-4-3-8(21-9)11-10(12(15)19-17-11)13(18)16-6-7-2-1-5-20-7/h1-5H,6,15H2,(H,16,18). The van der Waals surface area contributed by atoms with Gasteiger partial charge in [-0.2, -0.15) is 0 Å². The Morgan fingerprint density at radius 2 is 2.29 bits per heavy atom. The molecular formula is C13H10BrN3O2S2. The van der Waals surface area contributed by atoms with Gasteiger partial charge in [0.1, 0.15) is 11.3 Å². The number of thiophene rings is 2. The lowest BCUT2D eigenvalue weighted by molar-refractivity contribution is 0.0952. The van der Waals surface area contributed by atoms with Crippen molar-refractivity contribution in [3.63, 3.8) is 0 Å². The van der Waals surface area contributed by atoms with E-state index in [2.05, 4.69) is 26.4 Å². The molecule has 0 aliphatic rings. The molecule has 0 aliphatic carbocycles. The van der Waals surface area contributed by atoms with Crippen LogP contribution in [0.25, 0.3) is 10.6 Å². The quantitative estimate of drug-likeness (QED) is 0.718. The van der Waals surface area contributed by atoms with Gasteiger partial charge in [0.25, 0.3) is 5.91 Å². The summed E-state index contributed by atoms with van der Waals surface area (Å²) in [4.78, 5) is 14.2. The fourth-order valence-electron chi connectivity index (χ4n) is 1.80. The van der Waals surface area contributed by atoms with Crippen LogP contribution in [-0.2, 0) is 6.54 Å². The fraction of sp³-hybridized carbons (Fsp3) is 0.0769. The molecule has 0 aromatic carbocycles. The predicted molar refractivity (Wildman–Crippen MR) is 87.4 cm³/mol. The second kappa shape index (κ2) is 6.00. The molecule has 0 unspecified atom stereocenters. The molecule has 8 heteroatoms. The maximum Gasteiger partial charge on any atom is 0.259 e. The predicted octanol–water partition coefficient (Wildman–Crippen LogP) is 3.74. The van der Waals surface area contributed by atoms with Gasteiger partial charge >= 0.3 is 0 Å². The largest absolute Gasteiger partial charge is 0.367 e. The highest BCUT2D eigenvalue weighted by Crippen LogP contribution is 2.34. The Labute approximate surface area is 136 Å². The van der Waals surface area contributed by atoms with Gasteiger partial charge in [-0.3, -0.25) is 4.79 Å². The van der Waals surface area contributed by atoms with Gasteiger partial charge < -0.3 is 15.6 Å². The van der Waals surface area contributed by atoms with Crippen molar-refractivity contribution in [2.45, 2.75) is 6.54 Å². The second-order valence-corrected chi connectivity index (χ2v) is 7.63. The maximum atomic E-state index is 12.3. The minimum atomic E-state index is -0.290. The Morgan fingerprint density at radius 1 is 1.43 bits per heavy atom. The van der Waals surface area contributed by atoms with Gasteiger partial charge in [0.2, 0.25) is 5.88 Å². The SMILES string of the molecule is Nc1onc(-c2ccc(Br)s2)c1C(=O)NCc1cccs1. The first-order valence-corrected chi connectivity index (χ1v) is 8.45. The van der Waals surface area contributed by atoms with E-state index in [-0.39, 0.29) is 17.4 Å². The molecule has 108 valence electrons. The minimum Gasteiger partial charge on any atom is -0.367 e. The lowest BCUT2D eigenvalue weighted by atomic mass is 10.2. The summed E-state index contributed by atoms with van der Waals surface area (Å²) >= 11 is 6.43. The van der Waals surface area contributed by atoms with Crippen molar-refractivity contribution in [1.29, 1.82) is 0 Å². The summed E-state index contributed by atoms with van der Waals surface area (Å²) in [6.07, 6.45) is 0. The van der Waals surface area contributed by atoms with E-state index in [0.29, 0.717) is 12.2 Å². The van der Waals surface area contributed by atoms with Gasteiger partial charge in [0.15, 0.2) is 0 Å². The van der Waals surface area contributed by atoms with Crippen molar-refractivity contribution in [2.75, 3.05) is 5.73 Å². The second-order valence-electron chi connectivity index (χ2n) is 4.14. The number of carbonyl (C=O) groups is 1. The van der Waals surface area contributed by atoms with Gasteiger partial charge in [0.05, 0.1) is 15.2 Å². The first-order chi connectivity index (χ1) is 10.1. The van der Waals surface area contributed by atoms with E-state index < -0.39 is 0 Å². The smallest absolute Gasteiger partial charge is 0.259 e. The monoisotopic (exact) mass is 383 g/mol. The Kier molecular flexibility index (Phi) is 4.09. The summed E-state index contributed by atoms with van der Waals surface area (Å²) in [6.45, 7) is 0.453. The van der Waals surface area contributed by atoms with E-state index in [1.165, 1.54) is 11.3 Å². The van der Waals surface area contributed by atoms with E-state index in [4.69, 9.17) is 10.3 Å². The molecule has 0 radical (unpaired) electrons. The van der Waals surface area contributed by atoms with Gasteiger partial charge in [-0.25, -0.2) is 0 Å². The number of anilines is 1. The molecule has 3 rings (SSSR count). The number of halogens is 1. The zero-order valence-corrected chi connectivity index (χ0v) is 13.8.